The van der Waals surface area contributed by atoms with Gasteiger partial charge in [-0.2, -0.15) is 5.10 Å². The highest BCUT2D eigenvalue weighted by atomic mass is 16.2. The predicted octanol–water partition coefficient (Wildman–Crippen LogP) is 2.28. The second-order valence-corrected chi connectivity index (χ2v) is 5.77. The fourth-order valence-electron chi connectivity index (χ4n) is 2.54. The number of carbonyl (C=O) groups is 2. The maximum atomic E-state index is 11.8. The fraction of sp³-hybridized carbons (Fsp3) is 0.471. The van der Waals surface area contributed by atoms with Gasteiger partial charge in [-0.25, -0.2) is 5.43 Å². The van der Waals surface area contributed by atoms with Gasteiger partial charge in [0.1, 0.15) is 0 Å². The van der Waals surface area contributed by atoms with Gasteiger partial charge >= 0.3 is 11.8 Å². The molecule has 2 rings (SSSR count). The van der Waals surface area contributed by atoms with Crippen LogP contribution in [0.3, 0.4) is 0 Å². The van der Waals surface area contributed by atoms with Gasteiger partial charge in [-0.15, -0.1) is 0 Å². The molecule has 5 nitrogen and oxygen atoms in total. The Morgan fingerprint density at radius 2 is 1.68 bits per heavy atom. The Hall–Kier alpha value is -2.17. The number of hydrogen-bond donors (Lipinski definition) is 2. The average molecular weight is 301 g/mol. The van der Waals surface area contributed by atoms with Crippen LogP contribution < -0.4 is 10.7 Å². The van der Waals surface area contributed by atoms with Crippen molar-refractivity contribution in [3.63, 3.8) is 0 Å². The summed E-state index contributed by atoms with van der Waals surface area (Å²) in [5, 5.41) is 6.61. The van der Waals surface area contributed by atoms with Crippen LogP contribution in [0.4, 0.5) is 0 Å². The molecule has 0 atom stereocenters. The Kier molecular flexibility index (Phi) is 6.13. The molecule has 0 heterocycles. The van der Waals surface area contributed by atoms with E-state index in [0.29, 0.717) is 0 Å². The van der Waals surface area contributed by atoms with E-state index in [-0.39, 0.29) is 6.04 Å². The molecule has 1 fully saturated rings. The van der Waals surface area contributed by atoms with E-state index in [9.17, 15) is 9.59 Å². The molecule has 0 unspecified atom stereocenters. The summed E-state index contributed by atoms with van der Waals surface area (Å²) in [7, 11) is 0. The highest BCUT2D eigenvalue weighted by Gasteiger charge is 2.19. The summed E-state index contributed by atoms with van der Waals surface area (Å²) in [4.78, 5) is 23.5. The number of amides is 2. The molecule has 1 aliphatic carbocycles. The van der Waals surface area contributed by atoms with E-state index in [4.69, 9.17) is 0 Å². The fourth-order valence-corrected chi connectivity index (χ4v) is 2.54. The lowest BCUT2D eigenvalue weighted by Crippen LogP contribution is -2.43. The minimum atomic E-state index is -0.715. The highest BCUT2D eigenvalue weighted by molar-refractivity contribution is 6.35. The third kappa shape index (κ3) is 5.31. The number of carbonyl (C=O) groups excluding carboxylic acids is 2. The van der Waals surface area contributed by atoms with Gasteiger partial charge in [0.15, 0.2) is 0 Å². The number of hydrazone groups is 1. The third-order valence-corrected chi connectivity index (χ3v) is 3.85. The summed E-state index contributed by atoms with van der Waals surface area (Å²) in [6.07, 6.45) is 8.06. The normalized spacial score (nSPS) is 16.2. The van der Waals surface area contributed by atoms with Crippen molar-refractivity contribution in [1.29, 1.82) is 0 Å². The van der Waals surface area contributed by atoms with Gasteiger partial charge in [-0.1, -0.05) is 55.5 Å². The topological polar surface area (TPSA) is 70.6 Å². The van der Waals surface area contributed by atoms with E-state index in [0.717, 1.165) is 36.8 Å². The largest absolute Gasteiger partial charge is 0.345 e. The lowest BCUT2D eigenvalue weighted by Gasteiger charge is -2.14. The van der Waals surface area contributed by atoms with Crippen LogP contribution in [0.2, 0.25) is 0 Å². The van der Waals surface area contributed by atoms with Crippen LogP contribution in [0, 0.1) is 6.92 Å². The van der Waals surface area contributed by atoms with Crippen molar-refractivity contribution in [3.05, 3.63) is 35.4 Å². The molecule has 0 aliphatic heterocycles. The Morgan fingerprint density at radius 3 is 2.32 bits per heavy atom. The van der Waals surface area contributed by atoms with E-state index in [2.05, 4.69) is 15.8 Å². The maximum absolute atomic E-state index is 11.8. The van der Waals surface area contributed by atoms with Crippen LogP contribution in [0.1, 0.15) is 49.7 Å². The number of nitrogens with one attached hydrogen (secondary N) is 2. The summed E-state index contributed by atoms with van der Waals surface area (Å²) >= 11 is 0. The molecule has 0 bridgehead atoms. The van der Waals surface area contributed by atoms with E-state index in [1.54, 1.807) is 0 Å². The van der Waals surface area contributed by atoms with Crippen LogP contribution >= 0.6 is 0 Å². The molecule has 0 aromatic heterocycles. The van der Waals surface area contributed by atoms with Gasteiger partial charge < -0.3 is 5.32 Å². The predicted molar refractivity (Wildman–Crippen MR) is 86.5 cm³/mol. The molecule has 5 heteroatoms. The van der Waals surface area contributed by atoms with E-state index < -0.39 is 11.8 Å². The second kappa shape index (κ2) is 8.32. The maximum Gasteiger partial charge on any atom is 0.329 e. The molecule has 118 valence electrons. The molecule has 1 aromatic rings. The van der Waals surface area contributed by atoms with E-state index in [1.807, 2.05) is 31.2 Å². The first-order valence-electron chi connectivity index (χ1n) is 7.86. The van der Waals surface area contributed by atoms with Crippen LogP contribution in [-0.4, -0.2) is 24.1 Å². The first-order chi connectivity index (χ1) is 10.6. The number of hydrogen-bond acceptors (Lipinski definition) is 3. The summed E-state index contributed by atoms with van der Waals surface area (Å²) < 4.78 is 0. The van der Waals surface area contributed by atoms with Crippen molar-refractivity contribution in [3.8, 4) is 0 Å². The molecule has 0 saturated heterocycles. The van der Waals surface area contributed by atoms with Crippen molar-refractivity contribution in [2.24, 2.45) is 5.10 Å². The van der Waals surface area contributed by atoms with Crippen LogP contribution in [0.5, 0.6) is 0 Å². The van der Waals surface area contributed by atoms with Crippen LogP contribution in [0.15, 0.2) is 29.4 Å². The zero-order chi connectivity index (χ0) is 15.8. The Morgan fingerprint density at radius 1 is 1.05 bits per heavy atom. The molecule has 1 saturated carbocycles. The van der Waals surface area contributed by atoms with E-state index in [1.165, 1.54) is 19.1 Å². The smallest absolute Gasteiger partial charge is 0.329 e. The van der Waals surface area contributed by atoms with Gasteiger partial charge in [0.05, 0.1) is 6.21 Å². The third-order valence-electron chi connectivity index (χ3n) is 3.85. The van der Waals surface area contributed by atoms with Gasteiger partial charge in [0, 0.05) is 6.04 Å². The standard InChI is InChI=1S/C17H23N3O2/c1-13-8-10-14(11-9-13)12-18-20-17(22)16(21)19-15-6-4-2-3-5-7-15/h8-12,15H,2-7H2,1H3,(H,19,21)(H,20,22)/b18-12-. The molecule has 1 aromatic carbocycles. The first kappa shape index (κ1) is 16.2. The molecule has 1 aliphatic rings. The Bertz CT molecular complexity index is 529. The van der Waals surface area contributed by atoms with Crippen molar-refractivity contribution in [2.45, 2.75) is 51.5 Å². The molecule has 2 N–H and O–H groups in total. The zero-order valence-electron chi connectivity index (χ0n) is 13.0. The minimum Gasteiger partial charge on any atom is -0.345 e. The first-order valence-corrected chi connectivity index (χ1v) is 7.86. The Balaban J connectivity index is 1.78. The molecule has 22 heavy (non-hydrogen) atoms. The summed E-state index contributed by atoms with van der Waals surface area (Å²) in [6.45, 7) is 2.00. The van der Waals surface area contributed by atoms with Gasteiger partial charge in [-0.05, 0) is 25.3 Å². The van der Waals surface area contributed by atoms with Crippen molar-refractivity contribution in [1.82, 2.24) is 10.7 Å². The highest BCUT2D eigenvalue weighted by Crippen LogP contribution is 2.16. The number of benzene rings is 1. The van der Waals surface area contributed by atoms with Crippen LogP contribution in [0.25, 0.3) is 0 Å². The molecular weight excluding hydrogens is 278 g/mol. The SMILES string of the molecule is Cc1ccc(/C=N\NC(=O)C(=O)NC2CCCCCC2)cc1. The monoisotopic (exact) mass is 301 g/mol. The lowest BCUT2D eigenvalue weighted by atomic mass is 10.1. The number of aryl methyl sites for hydroxylation is 1. The second-order valence-electron chi connectivity index (χ2n) is 5.77. The van der Waals surface area contributed by atoms with Gasteiger partial charge in [-0.3, -0.25) is 9.59 Å². The molecule has 0 radical (unpaired) electrons. The van der Waals surface area contributed by atoms with E-state index >= 15 is 0 Å². The van der Waals surface area contributed by atoms with Crippen molar-refractivity contribution < 1.29 is 9.59 Å². The van der Waals surface area contributed by atoms with Gasteiger partial charge in [0.25, 0.3) is 0 Å². The van der Waals surface area contributed by atoms with Gasteiger partial charge in [0.2, 0.25) is 0 Å². The van der Waals surface area contributed by atoms with Crippen LogP contribution in [-0.2, 0) is 9.59 Å². The quantitative estimate of drug-likeness (QED) is 0.389. The van der Waals surface area contributed by atoms with Crippen molar-refractivity contribution >= 4 is 18.0 Å². The van der Waals surface area contributed by atoms with Crippen molar-refractivity contribution in [2.75, 3.05) is 0 Å². The molecule has 0 spiro atoms. The molecule has 2 amide bonds. The number of rotatable bonds is 3. The lowest BCUT2D eigenvalue weighted by molar-refractivity contribution is -0.139. The summed E-state index contributed by atoms with van der Waals surface area (Å²) in [6, 6.07) is 7.83. The zero-order valence-corrected chi connectivity index (χ0v) is 13.0. The minimum absolute atomic E-state index is 0.113. The average Bonchev–Trinajstić information content (AvgIpc) is 2.77. The number of nitrogens with zero attached hydrogens (tertiary/aromatic N) is 1. The Labute approximate surface area is 131 Å². The molecular formula is C17H23N3O2. The summed E-state index contributed by atoms with van der Waals surface area (Å²) in [5.41, 5.74) is 4.30. The summed E-state index contributed by atoms with van der Waals surface area (Å²) in [5.74, 6) is -1.32.